The molecule has 0 aromatic carbocycles. The molecule has 2 aromatic heterocycles. The van der Waals surface area contributed by atoms with E-state index in [0.717, 1.165) is 29.3 Å². The summed E-state index contributed by atoms with van der Waals surface area (Å²) in [6.45, 7) is 7.52. The Hall–Kier alpha value is -1.66. The molecule has 2 N–H and O–H groups in total. The lowest BCUT2D eigenvalue weighted by molar-refractivity contribution is -0.133. The van der Waals surface area contributed by atoms with Crippen LogP contribution in [0.25, 0.3) is 10.8 Å². The number of aromatic nitrogens is 1. The first-order chi connectivity index (χ1) is 10.9. The molecule has 124 valence electrons. The molecule has 1 atom stereocenters. The molecule has 1 aliphatic heterocycles. The first-order valence-electron chi connectivity index (χ1n) is 7.90. The number of oxazole rings is 1. The van der Waals surface area contributed by atoms with Crippen LogP contribution in [-0.2, 0) is 11.2 Å². The monoisotopic (exact) mass is 333 g/mol. The number of nitrogens with two attached hydrogens (primary N) is 1. The fourth-order valence-corrected chi connectivity index (χ4v) is 3.59. The number of piperidine rings is 1. The number of amides is 1. The van der Waals surface area contributed by atoms with Crippen LogP contribution in [0.15, 0.2) is 21.9 Å². The lowest BCUT2D eigenvalue weighted by Crippen LogP contribution is -2.54. The van der Waals surface area contributed by atoms with Gasteiger partial charge in [0.25, 0.3) is 0 Å². The highest BCUT2D eigenvalue weighted by molar-refractivity contribution is 7.13. The van der Waals surface area contributed by atoms with E-state index in [1.807, 2.05) is 29.3 Å². The van der Waals surface area contributed by atoms with Crippen LogP contribution in [0.1, 0.15) is 31.7 Å². The van der Waals surface area contributed by atoms with Gasteiger partial charge in [0.05, 0.1) is 17.0 Å². The summed E-state index contributed by atoms with van der Waals surface area (Å²) in [5.41, 5.74) is 6.83. The maximum Gasteiger partial charge on any atom is 0.236 e. The lowest BCUT2D eigenvalue weighted by atomic mass is 9.79. The fraction of sp³-hybridized carbons (Fsp3) is 0.529. The number of aryl methyl sites for hydroxylation is 1. The van der Waals surface area contributed by atoms with E-state index in [0.29, 0.717) is 12.4 Å². The van der Waals surface area contributed by atoms with E-state index in [4.69, 9.17) is 10.2 Å². The molecule has 1 unspecified atom stereocenters. The van der Waals surface area contributed by atoms with Crippen molar-refractivity contribution in [2.45, 2.75) is 39.7 Å². The Bertz CT molecular complexity index is 691. The number of rotatable bonds is 3. The molecule has 0 saturated carbocycles. The topological polar surface area (TPSA) is 72.4 Å². The number of thiophene rings is 1. The summed E-state index contributed by atoms with van der Waals surface area (Å²) in [6, 6.07) is 4.07. The highest BCUT2D eigenvalue weighted by Gasteiger charge is 2.35. The van der Waals surface area contributed by atoms with Crippen LogP contribution >= 0.6 is 11.3 Å². The zero-order chi connectivity index (χ0) is 16.6. The summed E-state index contributed by atoms with van der Waals surface area (Å²) in [7, 11) is 0. The minimum Gasteiger partial charge on any atom is -0.440 e. The summed E-state index contributed by atoms with van der Waals surface area (Å²) in [5.74, 6) is 1.41. The Labute approximate surface area is 140 Å². The summed E-state index contributed by atoms with van der Waals surface area (Å²) in [6.07, 6.45) is 1.13. The van der Waals surface area contributed by atoms with Crippen LogP contribution in [0, 0.1) is 12.3 Å². The Balaban J connectivity index is 1.71. The Morgan fingerprint density at radius 1 is 1.57 bits per heavy atom. The predicted molar refractivity (Wildman–Crippen MR) is 91.2 cm³/mol. The molecule has 0 aliphatic carbocycles. The van der Waals surface area contributed by atoms with E-state index in [-0.39, 0.29) is 23.8 Å². The highest BCUT2D eigenvalue weighted by atomic mass is 32.1. The second-order valence-corrected chi connectivity index (χ2v) is 7.82. The molecule has 1 fully saturated rings. The third-order valence-electron chi connectivity index (χ3n) is 4.61. The Morgan fingerprint density at radius 2 is 2.35 bits per heavy atom. The second-order valence-electron chi connectivity index (χ2n) is 6.88. The number of hydrogen-bond acceptors (Lipinski definition) is 5. The van der Waals surface area contributed by atoms with Crippen LogP contribution in [0.4, 0.5) is 0 Å². The SMILES string of the molecule is Cc1oc(-c2cccs2)nc1CC(=O)N1CCC(N)C(C)(C)C1. The standard InChI is InChI=1S/C17H23N3O2S/c1-11-12(19-16(22-11)13-5-4-8-23-13)9-15(21)20-7-6-14(18)17(2,3)10-20/h4-5,8,14H,6-7,9-10,18H2,1-3H3. The van der Waals surface area contributed by atoms with Crippen molar-refractivity contribution in [2.24, 2.45) is 11.1 Å². The van der Waals surface area contributed by atoms with Gasteiger partial charge in [-0.25, -0.2) is 4.98 Å². The van der Waals surface area contributed by atoms with Crippen LogP contribution in [0.3, 0.4) is 0 Å². The number of nitrogens with zero attached hydrogens (tertiary/aromatic N) is 2. The van der Waals surface area contributed by atoms with Crippen molar-refractivity contribution in [3.05, 3.63) is 29.0 Å². The van der Waals surface area contributed by atoms with E-state index in [2.05, 4.69) is 18.8 Å². The van der Waals surface area contributed by atoms with Crippen LogP contribution in [0.5, 0.6) is 0 Å². The van der Waals surface area contributed by atoms with Gasteiger partial charge in [0, 0.05) is 19.1 Å². The number of carbonyl (C=O) groups excluding carboxylic acids is 1. The van der Waals surface area contributed by atoms with Gasteiger partial charge in [-0.15, -0.1) is 11.3 Å². The number of likely N-dealkylation sites (tertiary alicyclic amines) is 1. The van der Waals surface area contributed by atoms with Crippen LogP contribution < -0.4 is 5.73 Å². The first-order valence-corrected chi connectivity index (χ1v) is 8.78. The summed E-state index contributed by atoms with van der Waals surface area (Å²) >= 11 is 1.58. The van der Waals surface area contributed by atoms with Gasteiger partial charge in [0.15, 0.2) is 0 Å². The van der Waals surface area contributed by atoms with Gasteiger partial charge in [-0.3, -0.25) is 4.79 Å². The molecule has 0 spiro atoms. The zero-order valence-electron chi connectivity index (χ0n) is 13.8. The molecule has 3 heterocycles. The largest absolute Gasteiger partial charge is 0.440 e. The molecule has 23 heavy (non-hydrogen) atoms. The molecule has 3 rings (SSSR count). The molecule has 0 radical (unpaired) electrons. The smallest absolute Gasteiger partial charge is 0.236 e. The molecule has 1 aliphatic rings. The van der Waals surface area contributed by atoms with E-state index in [1.54, 1.807) is 11.3 Å². The van der Waals surface area contributed by atoms with E-state index >= 15 is 0 Å². The lowest BCUT2D eigenvalue weighted by Gasteiger charge is -2.42. The maximum atomic E-state index is 12.6. The van der Waals surface area contributed by atoms with Crippen LogP contribution in [0.2, 0.25) is 0 Å². The van der Waals surface area contributed by atoms with Gasteiger partial charge in [-0.1, -0.05) is 19.9 Å². The summed E-state index contributed by atoms with van der Waals surface area (Å²) < 4.78 is 5.71. The Morgan fingerprint density at radius 3 is 3.00 bits per heavy atom. The predicted octanol–water partition coefficient (Wildman–Crippen LogP) is 2.84. The van der Waals surface area contributed by atoms with Crippen molar-refractivity contribution in [1.29, 1.82) is 0 Å². The van der Waals surface area contributed by atoms with Gasteiger partial charge >= 0.3 is 0 Å². The van der Waals surface area contributed by atoms with Crippen molar-refractivity contribution in [2.75, 3.05) is 13.1 Å². The molecular formula is C17H23N3O2S. The number of carbonyl (C=O) groups is 1. The van der Waals surface area contributed by atoms with Gasteiger partial charge < -0.3 is 15.1 Å². The summed E-state index contributed by atoms with van der Waals surface area (Å²) in [4.78, 5) is 20.0. The van der Waals surface area contributed by atoms with Crippen molar-refractivity contribution in [3.8, 4) is 10.8 Å². The van der Waals surface area contributed by atoms with Gasteiger partial charge in [0.2, 0.25) is 11.8 Å². The fourth-order valence-electron chi connectivity index (χ4n) is 2.94. The minimum absolute atomic E-state index is 0.0467. The summed E-state index contributed by atoms with van der Waals surface area (Å²) in [5, 5.41) is 1.98. The maximum absolute atomic E-state index is 12.6. The molecular weight excluding hydrogens is 310 g/mol. The molecule has 2 aromatic rings. The van der Waals surface area contributed by atoms with Crippen molar-refractivity contribution >= 4 is 17.2 Å². The van der Waals surface area contributed by atoms with Gasteiger partial charge in [-0.05, 0) is 30.2 Å². The van der Waals surface area contributed by atoms with Gasteiger partial charge in [0.1, 0.15) is 5.76 Å². The average molecular weight is 333 g/mol. The number of hydrogen-bond donors (Lipinski definition) is 1. The average Bonchev–Trinajstić information content (AvgIpc) is 3.12. The normalized spacial score (nSPS) is 20.7. The van der Waals surface area contributed by atoms with Crippen molar-refractivity contribution in [1.82, 2.24) is 9.88 Å². The van der Waals surface area contributed by atoms with Crippen molar-refractivity contribution in [3.63, 3.8) is 0 Å². The molecule has 1 amide bonds. The van der Waals surface area contributed by atoms with E-state index < -0.39 is 0 Å². The van der Waals surface area contributed by atoms with E-state index in [1.165, 1.54) is 0 Å². The molecule has 6 heteroatoms. The van der Waals surface area contributed by atoms with Crippen molar-refractivity contribution < 1.29 is 9.21 Å². The van der Waals surface area contributed by atoms with Crippen LogP contribution in [-0.4, -0.2) is 34.9 Å². The Kier molecular flexibility index (Phi) is 4.29. The minimum atomic E-state index is -0.0467. The van der Waals surface area contributed by atoms with E-state index in [9.17, 15) is 4.79 Å². The molecule has 1 saturated heterocycles. The first kappa shape index (κ1) is 16.2. The molecule has 0 bridgehead atoms. The van der Waals surface area contributed by atoms with Gasteiger partial charge in [-0.2, -0.15) is 0 Å². The third-order valence-corrected chi connectivity index (χ3v) is 5.47. The quantitative estimate of drug-likeness (QED) is 0.937. The third kappa shape index (κ3) is 3.33. The highest BCUT2D eigenvalue weighted by Crippen LogP contribution is 2.29. The second kappa shape index (κ2) is 6.09. The zero-order valence-corrected chi connectivity index (χ0v) is 14.7. The molecule has 5 nitrogen and oxygen atoms in total.